The van der Waals surface area contributed by atoms with Crippen LogP contribution >= 0.6 is 11.6 Å². The molecule has 0 aliphatic carbocycles. The van der Waals surface area contributed by atoms with Gasteiger partial charge in [-0.1, -0.05) is 11.6 Å². The van der Waals surface area contributed by atoms with Crippen molar-refractivity contribution in [1.82, 2.24) is 10.2 Å². The van der Waals surface area contributed by atoms with E-state index in [1.165, 1.54) is 7.11 Å². The number of ether oxygens (including phenoxy) is 2. The molecule has 4 N–H and O–H groups in total. The average Bonchev–Trinajstić information content (AvgIpc) is 3.03. The van der Waals surface area contributed by atoms with Gasteiger partial charge >= 0.3 is 0 Å². The number of benzene rings is 1. The molecule has 162 valence electrons. The maximum Gasteiger partial charge on any atom is 0.255 e. The molecular formula is C21H32ClN3O4. The summed E-state index contributed by atoms with van der Waals surface area (Å²) in [5.74, 6) is 0.810. The highest BCUT2D eigenvalue weighted by atomic mass is 35.5. The zero-order valence-corrected chi connectivity index (χ0v) is 18.2. The molecule has 1 atom stereocenters. The number of aliphatic hydroxyl groups is 1. The van der Waals surface area contributed by atoms with Gasteiger partial charge in [-0.3, -0.25) is 4.79 Å². The maximum absolute atomic E-state index is 12.9. The number of piperidine rings is 1. The van der Waals surface area contributed by atoms with Crippen molar-refractivity contribution in [1.29, 1.82) is 0 Å². The van der Waals surface area contributed by atoms with E-state index in [4.69, 9.17) is 26.8 Å². The van der Waals surface area contributed by atoms with Gasteiger partial charge in [0.15, 0.2) is 6.29 Å². The van der Waals surface area contributed by atoms with E-state index < -0.39 is 11.9 Å². The minimum absolute atomic E-state index is 0.175. The van der Waals surface area contributed by atoms with Crippen LogP contribution in [0, 0.1) is 5.92 Å². The fourth-order valence-electron chi connectivity index (χ4n) is 4.06. The number of amides is 1. The van der Waals surface area contributed by atoms with Crippen molar-refractivity contribution in [3.63, 3.8) is 0 Å². The molecule has 0 saturated carbocycles. The third-order valence-corrected chi connectivity index (χ3v) is 6.13. The van der Waals surface area contributed by atoms with Crippen molar-refractivity contribution >= 4 is 23.2 Å². The van der Waals surface area contributed by atoms with Gasteiger partial charge in [0.25, 0.3) is 5.91 Å². The molecule has 2 aliphatic heterocycles. The molecule has 0 bridgehead atoms. The summed E-state index contributed by atoms with van der Waals surface area (Å²) in [4.78, 5) is 15.2. The molecule has 0 aromatic heterocycles. The van der Waals surface area contributed by atoms with E-state index in [-0.39, 0.29) is 5.91 Å². The molecule has 3 rings (SSSR count). The molecule has 0 radical (unpaired) electrons. The lowest BCUT2D eigenvalue weighted by molar-refractivity contribution is -0.0828. The lowest BCUT2D eigenvalue weighted by Gasteiger charge is -2.32. The van der Waals surface area contributed by atoms with Crippen molar-refractivity contribution in [2.45, 2.75) is 51.4 Å². The first-order chi connectivity index (χ1) is 13.7. The number of rotatable bonds is 7. The van der Waals surface area contributed by atoms with E-state index in [2.05, 4.69) is 10.2 Å². The van der Waals surface area contributed by atoms with Crippen molar-refractivity contribution in [3.8, 4) is 5.75 Å². The molecule has 0 spiro atoms. The smallest absolute Gasteiger partial charge is 0.255 e. The summed E-state index contributed by atoms with van der Waals surface area (Å²) in [7, 11) is 1.51. The largest absolute Gasteiger partial charge is 0.486 e. The molecule has 1 amide bonds. The van der Waals surface area contributed by atoms with Crippen LogP contribution in [-0.4, -0.2) is 61.1 Å². The van der Waals surface area contributed by atoms with Gasteiger partial charge in [0.1, 0.15) is 11.4 Å². The second-order valence-corrected chi connectivity index (χ2v) is 9.05. The molecule has 1 unspecified atom stereocenters. The molecule has 2 aliphatic rings. The first kappa shape index (κ1) is 22.2. The zero-order chi connectivity index (χ0) is 21.2. The van der Waals surface area contributed by atoms with Crippen LogP contribution in [-0.2, 0) is 11.2 Å². The van der Waals surface area contributed by atoms with Gasteiger partial charge in [-0.05, 0) is 51.8 Å². The Bertz CT molecular complexity index is 748. The second kappa shape index (κ2) is 9.08. The highest BCUT2D eigenvalue weighted by Gasteiger charge is 2.36. The Morgan fingerprint density at radius 3 is 2.83 bits per heavy atom. The molecule has 2 heterocycles. The lowest BCUT2D eigenvalue weighted by Crippen LogP contribution is -2.39. The molecule has 8 heteroatoms. The lowest BCUT2D eigenvalue weighted by atomic mass is 9.96. The molecule has 1 aromatic rings. The number of aliphatic hydroxyl groups excluding tert-OH is 1. The summed E-state index contributed by atoms with van der Waals surface area (Å²) >= 11 is 6.27. The molecular weight excluding hydrogens is 394 g/mol. The first-order valence-electron chi connectivity index (χ1n) is 10.2. The van der Waals surface area contributed by atoms with Gasteiger partial charge in [0.2, 0.25) is 0 Å². The van der Waals surface area contributed by atoms with Crippen molar-refractivity contribution < 1.29 is 19.4 Å². The number of nitrogen functional groups attached to an aromatic ring is 1. The topological polar surface area (TPSA) is 97.1 Å². The van der Waals surface area contributed by atoms with Crippen molar-refractivity contribution in [3.05, 3.63) is 22.2 Å². The van der Waals surface area contributed by atoms with Crippen LogP contribution in [0.3, 0.4) is 0 Å². The normalized spacial score (nSPS) is 20.2. The fourth-order valence-corrected chi connectivity index (χ4v) is 4.28. The van der Waals surface area contributed by atoms with Gasteiger partial charge in [0, 0.05) is 38.6 Å². The summed E-state index contributed by atoms with van der Waals surface area (Å²) < 4.78 is 10.9. The SMILES string of the molecule is COC(O)CCN1CCC(CNC(=O)c2cc(Cl)c(N)c3c2OC(C)(C)C3)CC1. The fraction of sp³-hybridized carbons (Fsp3) is 0.667. The van der Waals surface area contributed by atoms with E-state index in [0.717, 1.165) is 38.0 Å². The van der Waals surface area contributed by atoms with E-state index >= 15 is 0 Å². The predicted octanol–water partition coefficient (Wildman–Crippen LogP) is 2.43. The minimum atomic E-state index is -0.701. The van der Waals surface area contributed by atoms with E-state index in [1.54, 1.807) is 6.07 Å². The van der Waals surface area contributed by atoms with Crippen molar-refractivity contribution in [2.24, 2.45) is 5.92 Å². The molecule has 7 nitrogen and oxygen atoms in total. The number of nitrogens with zero attached hydrogens (tertiary/aromatic N) is 1. The zero-order valence-electron chi connectivity index (χ0n) is 17.5. The van der Waals surface area contributed by atoms with Crippen molar-refractivity contribution in [2.75, 3.05) is 39.0 Å². The quantitative estimate of drug-likeness (QED) is 0.458. The number of nitrogens with one attached hydrogen (secondary N) is 1. The standard InChI is InChI=1S/C21H32ClN3O4/c1-21(2)11-15-18(23)16(22)10-14(19(15)29-21)20(27)24-12-13-4-7-25(8-5-13)9-6-17(26)28-3/h10,13,17,26H,4-9,11-12,23H2,1-3H3,(H,24,27). The Hall–Kier alpha value is -1.54. The Labute approximate surface area is 177 Å². The number of likely N-dealkylation sites (tertiary alicyclic amines) is 1. The molecule has 1 aromatic carbocycles. The summed E-state index contributed by atoms with van der Waals surface area (Å²) in [6.07, 6.45) is 2.55. The van der Waals surface area contributed by atoms with E-state index in [9.17, 15) is 9.90 Å². The number of nitrogens with two attached hydrogens (primary N) is 1. The van der Waals surface area contributed by atoms with Crippen LogP contribution in [0.2, 0.25) is 5.02 Å². The van der Waals surface area contributed by atoms with Gasteiger partial charge in [0.05, 0.1) is 16.3 Å². The number of hydrogen-bond acceptors (Lipinski definition) is 6. The Balaban J connectivity index is 1.54. The number of fused-ring (bicyclic) bond motifs is 1. The third kappa shape index (κ3) is 5.34. The molecule has 29 heavy (non-hydrogen) atoms. The third-order valence-electron chi connectivity index (χ3n) is 5.82. The average molecular weight is 426 g/mol. The van der Waals surface area contributed by atoms with Gasteiger partial charge in [-0.25, -0.2) is 0 Å². The second-order valence-electron chi connectivity index (χ2n) is 8.64. The Kier molecular flexibility index (Phi) is 6.94. The minimum Gasteiger partial charge on any atom is -0.486 e. The Morgan fingerprint density at radius 1 is 1.48 bits per heavy atom. The number of anilines is 1. The van der Waals surface area contributed by atoms with Crippen LogP contribution in [0.1, 0.15) is 49.0 Å². The predicted molar refractivity (Wildman–Crippen MR) is 113 cm³/mol. The number of hydrogen-bond donors (Lipinski definition) is 3. The number of carbonyl (C=O) groups excluding carboxylic acids is 1. The molecule has 1 fully saturated rings. The van der Waals surface area contributed by atoms with Crippen LogP contribution in [0.4, 0.5) is 5.69 Å². The number of methoxy groups -OCH3 is 1. The van der Waals surface area contributed by atoms with Crippen LogP contribution in [0.25, 0.3) is 0 Å². The molecule has 1 saturated heterocycles. The first-order valence-corrected chi connectivity index (χ1v) is 10.6. The van der Waals surface area contributed by atoms with Crippen LogP contribution < -0.4 is 15.8 Å². The summed E-state index contributed by atoms with van der Waals surface area (Å²) in [5.41, 5.74) is 7.47. The summed E-state index contributed by atoms with van der Waals surface area (Å²) in [6, 6.07) is 1.61. The van der Waals surface area contributed by atoms with Gasteiger partial charge in [-0.15, -0.1) is 0 Å². The van der Waals surface area contributed by atoms with Gasteiger partial charge < -0.3 is 30.5 Å². The highest BCUT2D eigenvalue weighted by molar-refractivity contribution is 6.33. The highest BCUT2D eigenvalue weighted by Crippen LogP contribution is 2.44. The summed E-state index contributed by atoms with van der Waals surface area (Å²) in [5, 5.41) is 12.9. The maximum atomic E-state index is 12.9. The van der Waals surface area contributed by atoms with Crippen LogP contribution in [0.15, 0.2) is 6.07 Å². The summed E-state index contributed by atoms with van der Waals surface area (Å²) in [6.45, 7) is 7.29. The number of halogens is 1. The number of carbonyl (C=O) groups is 1. The Morgan fingerprint density at radius 2 is 2.17 bits per heavy atom. The van der Waals surface area contributed by atoms with E-state index in [0.29, 0.717) is 47.3 Å². The van der Waals surface area contributed by atoms with Gasteiger partial charge in [-0.2, -0.15) is 0 Å². The van der Waals surface area contributed by atoms with E-state index in [1.807, 2.05) is 13.8 Å². The monoisotopic (exact) mass is 425 g/mol. The van der Waals surface area contributed by atoms with Crippen LogP contribution in [0.5, 0.6) is 5.75 Å².